The summed E-state index contributed by atoms with van der Waals surface area (Å²) in [5.74, 6) is 0.724. The van der Waals surface area contributed by atoms with Gasteiger partial charge in [0, 0.05) is 20.1 Å². The van der Waals surface area contributed by atoms with Crippen molar-refractivity contribution in [3.05, 3.63) is 0 Å². The minimum atomic E-state index is -2.20. The maximum atomic E-state index is 6.49. The highest BCUT2D eigenvalue weighted by molar-refractivity contribution is 14.1. The van der Waals surface area contributed by atoms with Crippen LogP contribution in [0.15, 0.2) is 0 Å². The molecule has 0 unspecified atom stereocenters. The zero-order valence-corrected chi connectivity index (χ0v) is 15.1. The van der Waals surface area contributed by atoms with Gasteiger partial charge in [0.1, 0.15) is 0 Å². The van der Waals surface area contributed by atoms with Gasteiger partial charge >= 0.3 is 8.56 Å². The van der Waals surface area contributed by atoms with Crippen molar-refractivity contribution in [3.8, 4) is 0 Å². The minimum absolute atomic E-state index is 0.120. The molecule has 0 N–H and O–H groups in total. The van der Waals surface area contributed by atoms with Crippen molar-refractivity contribution < 1.29 is 8.85 Å². The fourth-order valence-corrected chi connectivity index (χ4v) is 9.33. The Hall–Kier alpha value is 0.867. The molecule has 2 aliphatic rings. The molecule has 1 aliphatic carbocycles. The molecular formula is C13H25IO2Si. The van der Waals surface area contributed by atoms with Crippen LogP contribution >= 0.6 is 22.6 Å². The second-order valence-electron chi connectivity index (χ2n) is 7.65. The van der Waals surface area contributed by atoms with E-state index in [0.29, 0.717) is 3.42 Å². The topological polar surface area (TPSA) is 18.5 Å². The summed E-state index contributed by atoms with van der Waals surface area (Å²) in [6.45, 7) is 15.5. The van der Waals surface area contributed by atoms with Crippen LogP contribution in [0.1, 0.15) is 48.0 Å². The van der Waals surface area contributed by atoms with Gasteiger partial charge in [-0.3, -0.25) is 0 Å². The highest BCUT2D eigenvalue weighted by Crippen LogP contribution is 2.59. The van der Waals surface area contributed by atoms with E-state index in [1.54, 1.807) is 0 Å². The molecule has 0 aromatic rings. The Morgan fingerprint density at radius 1 is 1.06 bits per heavy atom. The quantitative estimate of drug-likeness (QED) is 0.361. The van der Waals surface area contributed by atoms with Gasteiger partial charge in [0.05, 0.1) is 6.61 Å². The molecular weight excluding hydrogens is 343 g/mol. The molecule has 2 atom stereocenters. The number of fused-ring (bicyclic) bond motifs is 1. The summed E-state index contributed by atoms with van der Waals surface area (Å²) in [7, 11) is -2.20. The van der Waals surface area contributed by atoms with Crippen molar-refractivity contribution in [1.82, 2.24) is 0 Å². The fourth-order valence-electron chi connectivity index (χ4n) is 3.21. The van der Waals surface area contributed by atoms with Gasteiger partial charge in [-0.05, 0) is 12.3 Å². The van der Waals surface area contributed by atoms with Crippen LogP contribution in [0, 0.1) is 5.92 Å². The van der Waals surface area contributed by atoms with E-state index in [9.17, 15) is 0 Å². The lowest BCUT2D eigenvalue weighted by Crippen LogP contribution is -2.57. The van der Waals surface area contributed by atoms with E-state index in [1.807, 2.05) is 0 Å². The summed E-state index contributed by atoms with van der Waals surface area (Å²) < 4.78 is 13.3. The molecule has 0 bridgehead atoms. The molecule has 2 fully saturated rings. The first-order valence-corrected chi connectivity index (χ1v) is 9.38. The molecule has 0 radical (unpaired) electrons. The average molecular weight is 368 g/mol. The van der Waals surface area contributed by atoms with Crippen LogP contribution in [0.4, 0.5) is 0 Å². The van der Waals surface area contributed by atoms with Crippen LogP contribution in [0.25, 0.3) is 0 Å². The first-order chi connectivity index (χ1) is 7.52. The van der Waals surface area contributed by atoms with Gasteiger partial charge in [0.25, 0.3) is 0 Å². The van der Waals surface area contributed by atoms with E-state index < -0.39 is 8.56 Å². The Balaban J connectivity index is 2.30. The Kier molecular flexibility index (Phi) is 3.30. The fraction of sp³-hybridized carbons (Fsp3) is 1.00. The molecule has 1 aliphatic heterocycles. The molecule has 2 rings (SSSR count). The molecule has 1 saturated carbocycles. The Labute approximate surface area is 120 Å². The van der Waals surface area contributed by atoms with Crippen LogP contribution < -0.4 is 0 Å². The summed E-state index contributed by atoms with van der Waals surface area (Å²) in [5.41, 5.74) is 0. The lowest BCUT2D eigenvalue weighted by Gasteiger charge is -2.48. The third-order valence-corrected chi connectivity index (χ3v) is 10.8. The third kappa shape index (κ3) is 2.23. The smallest absolute Gasteiger partial charge is 0.349 e. The predicted molar refractivity (Wildman–Crippen MR) is 81.9 cm³/mol. The summed E-state index contributed by atoms with van der Waals surface area (Å²) >= 11 is 2.58. The highest BCUT2D eigenvalue weighted by atomic mass is 127. The summed E-state index contributed by atoms with van der Waals surface area (Å²) in [4.78, 5) is 0. The maximum absolute atomic E-state index is 6.49. The first-order valence-electron chi connectivity index (χ1n) is 6.49. The number of halogens is 1. The van der Waals surface area contributed by atoms with Gasteiger partial charge in [-0.1, -0.05) is 64.1 Å². The molecule has 4 heteroatoms. The highest BCUT2D eigenvalue weighted by Gasteiger charge is 2.64. The molecule has 17 heavy (non-hydrogen) atoms. The third-order valence-electron chi connectivity index (χ3n) is 4.14. The molecule has 2 nitrogen and oxygen atoms in total. The lowest BCUT2D eigenvalue weighted by atomic mass is 10.2. The molecule has 0 amide bonds. The molecule has 0 aromatic carbocycles. The number of alkyl halides is 1. The van der Waals surface area contributed by atoms with Crippen LogP contribution in [0.3, 0.4) is 0 Å². The van der Waals surface area contributed by atoms with E-state index in [2.05, 4.69) is 64.1 Å². The van der Waals surface area contributed by atoms with Gasteiger partial charge in [-0.2, -0.15) is 0 Å². The Bertz CT molecular complexity index is 304. The van der Waals surface area contributed by atoms with Crippen molar-refractivity contribution >= 4 is 31.2 Å². The Morgan fingerprint density at radius 2 is 1.59 bits per heavy atom. The van der Waals surface area contributed by atoms with Crippen LogP contribution in [-0.2, 0) is 8.85 Å². The van der Waals surface area contributed by atoms with E-state index in [1.165, 1.54) is 6.42 Å². The zero-order chi connectivity index (χ0) is 13.1. The second kappa shape index (κ2) is 3.93. The lowest BCUT2D eigenvalue weighted by molar-refractivity contribution is 0.142. The van der Waals surface area contributed by atoms with Crippen molar-refractivity contribution in [2.45, 2.75) is 61.5 Å². The monoisotopic (exact) mass is 368 g/mol. The molecule has 100 valence electrons. The van der Waals surface area contributed by atoms with Gasteiger partial charge in [0.15, 0.2) is 0 Å². The van der Waals surface area contributed by atoms with Gasteiger partial charge in [0.2, 0.25) is 0 Å². The summed E-state index contributed by atoms with van der Waals surface area (Å²) in [5, 5.41) is 0.240. The number of hydrogen-bond acceptors (Lipinski definition) is 2. The largest absolute Gasteiger partial charge is 0.393 e. The van der Waals surface area contributed by atoms with Gasteiger partial charge in [-0.25, -0.2) is 0 Å². The van der Waals surface area contributed by atoms with E-state index in [0.717, 1.165) is 19.1 Å². The van der Waals surface area contributed by atoms with Gasteiger partial charge in [-0.15, -0.1) is 0 Å². The normalized spacial score (nSPS) is 37.2. The van der Waals surface area contributed by atoms with E-state index in [4.69, 9.17) is 8.85 Å². The average Bonchev–Trinajstić information content (AvgIpc) is 2.72. The zero-order valence-electron chi connectivity index (χ0n) is 11.9. The van der Waals surface area contributed by atoms with Crippen LogP contribution in [0.2, 0.25) is 10.1 Å². The molecule has 0 spiro atoms. The Morgan fingerprint density at radius 3 is 2.06 bits per heavy atom. The predicted octanol–water partition coefficient (Wildman–Crippen LogP) is 4.27. The van der Waals surface area contributed by atoms with Crippen molar-refractivity contribution in [2.24, 2.45) is 5.92 Å². The van der Waals surface area contributed by atoms with Crippen molar-refractivity contribution in [2.75, 3.05) is 13.2 Å². The van der Waals surface area contributed by atoms with Crippen molar-refractivity contribution in [1.29, 1.82) is 0 Å². The first kappa shape index (κ1) is 14.3. The molecule has 1 heterocycles. The number of rotatable bonds is 0. The van der Waals surface area contributed by atoms with Gasteiger partial charge < -0.3 is 8.85 Å². The van der Waals surface area contributed by atoms with Crippen molar-refractivity contribution in [3.63, 3.8) is 0 Å². The maximum Gasteiger partial charge on any atom is 0.349 e. The SMILES string of the molecule is CC(C)(C)[Si]1(C(C)(C)C)OC[C@@H]2C[C@]2(I)CO1. The number of hydrogen-bond donors (Lipinski definition) is 0. The van der Waals surface area contributed by atoms with E-state index >= 15 is 0 Å². The molecule has 1 saturated heterocycles. The molecule has 0 aromatic heterocycles. The second-order valence-corrected chi connectivity index (χ2v) is 14.6. The summed E-state index contributed by atoms with van der Waals surface area (Å²) in [6.07, 6.45) is 1.27. The van der Waals surface area contributed by atoms with Crippen LogP contribution in [-0.4, -0.2) is 25.2 Å². The standard InChI is InChI=1S/C13H25IO2Si/c1-11(2,3)17(12(4,5)6)15-8-10-7-13(10,14)9-16-17/h10H,7-9H2,1-6H3/t10-,13-/m0/s1. The summed E-state index contributed by atoms with van der Waals surface area (Å²) in [6, 6.07) is 0. The van der Waals surface area contributed by atoms with Crippen LogP contribution in [0.5, 0.6) is 0 Å². The minimum Gasteiger partial charge on any atom is -0.393 e. The van der Waals surface area contributed by atoms with E-state index in [-0.39, 0.29) is 10.1 Å².